The van der Waals surface area contributed by atoms with Crippen LogP contribution in [0.25, 0.3) is 0 Å². The summed E-state index contributed by atoms with van der Waals surface area (Å²) in [5.41, 5.74) is 2.06. The Labute approximate surface area is 177 Å². The SMILES string of the molecule is COc1ccc(F)cc1S(=O)(=O)NC[C@@H](c1ccc(N(C)C)cc1)N1CCOCC1. The van der Waals surface area contributed by atoms with Crippen molar-refractivity contribution in [2.75, 3.05) is 59.0 Å². The zero-order chi connectivity index (χ0) is 21.7. The van der Waals surface area contributed by atoms with Crippen molar-refractivity contribution in [3.8, 4) is 5.75 Å². The second kappa shape index (κ2) is 9.74. The summed E-state index contributed by atoms with van der Waals surface area (Å²) in [5, 5.41) is 0. The summed E-state index contributed by atoms with van der Waals surface area (Å²) in [7, 11) is 1.32. The molecule has 2 aromatic carbocycles. The summed E-state index contributed by atoms with van der Waals surface area (Å²) in [4.78, 5) is 3.99. The molecule has 1 aliphatic heterocycles. The number of hydrogen-bond donors (Lipinski definition) is 1. The van der Waals surface area contributed by atoms with Crippen molar-refractivity contribution in [2.24, 2.45) is 0 Å². The van der Waals surface area contributed by atoms with Gasteiger partial charge in [0.25, 0.3) is 0 Å². The molecule has 1 fully saturated rings. The third-order valence-corrected chi connectivity index (χ3v) is 6.61. The van der Waals surface area contributed by atoms with E-state index in [1.165, 1.54) is 19.2 Å². The minimum absolute atomic E-state index is 0.0992. The lowest BCUT2D eigenvalue weighted by Gasteiger charge is -2.35. The number of anilines is 1. The highest BCUT2D eigenvalue weighted by atomic mass is 32.2. The van der Waals surface area contributed by atoms with Gasteiger partial charge in [-0.3, -0.25) is 4.90 Å². The van der Waals surface area contributed by atoms with E-state index in [1.807, 2.05) is 43.3 Å². The van der Waals surface area contributed by atoms with E-state index < -0.39 is 15.8 Å². The van der Waals surface area contributed by atoms with Gasteiger partial charge in [-0.05, 0) is 35.9 Å². The van der Waals surface area contributed by atoms with Crippen LogP contribution >= 0.6 is 0 Å². The van der Waals surface area contributed by atoms with Crippen molar-refractivity contribution in [2.45, 2.75) is 10.9 Å². The highest BCUT2D eigenvalue weighted by molar-refractivity contribution is 7.89. The molecule has 1 N–H and O–H groups in total. The second-order valence-corrected chi connectivity index (χ2v) is 9.03. The zero-order valence-electron chi connectivity index (χ0n) is 17.5. The van der Waals surface area contributed by atoms with E-state index in [9.17, 15) is 12.8 Å². The van der Waals surface area contributed by atoms with Crippen LogP contribution < -0.4 is 14.4 Å². The lowest BCUT2D eigenvalue weighted by molar-refractivity contribution is 0.0172. The van der Waals surface area contributed by atoms with Crippen LogP contribution in [0.15, 0.2) is 47.4 Å². The summed E-state index contributed by atoms with van der Waals surface area (Å²) in [6.07, 6.45) is 0. The van der Waals surface area contributed by atoms with Crippen LogP contribution in [0.4, 0.5) is 10.1 Å². The minimum atomic E-state index is -3.97. The lowest BCUT2D eigenvalue weighted by atomic mass is 10.0. The molecule has 164 valence electrons. The predicted octanol–water partition coefficient (Wildman–Crippen LogP) is 2.25. The van der Waals surface area contributed by atoms with Crippen molar-refractivity contribution < 1.29 is 22.3 Å². The van der Waals surface area contributed by atoms with Gasteiger partial charge < -0.3 is 14.4 Å². The Morgan fingerprint density at radius 3 is 2.43 bits per heavy atom. The smallest absolute Gasteiger partial charge is 0.244 e. The van der Waals surface area contributed by atoms with Crippen LogP contribution in [0.3, 0.4) is 0 Å². The fraction of sp³-hybridized carbons (Fsp3) is 0.429. The first-order valence-corrected chi connectivity index (χ1v) is 11.2. The Bertz CT molecular complexity index is 945. The molecular formula is C21H28FN3O4S. The fourth-order valence-electron chi connectivity index (χ4n) is 3.47. The predicted molar refractivity (Wildman–Crippen MR) is 114 cm³/mol. The third-order valence-electron chi connectivity index (χ3n) is 5.16. The van der Waals surface area contributed by atoms with Crippen LogP contribution in [0.1, 0.15) is 11.6 Å². The van der Waals surface area contributed by atoms with Gasteiger partial charge in [0.2, 0.25) is 10.0 Å². The molecule has 0 amide bonds. The van der Waals surface area contributed by atoms with Gasteiger partial charge in [0.15, 0.2) is 0 Å². The molecule has 1 heterocycles. The number of ether oxygens (including phenoxy) is 2. The van der Waals surface area contributed by atoms with Gasteiger partial charge in [-0.1, -0.05) is 12.1 Å². The standard InChI is InChI=1S/C21H28FN3O4S/c1-24(2)18-7-4-16(5-8-18)19(25-10-12-29-13-11-25)15-23-30(26,27)21-14-17(22)6-9-20(21)28-3/h4-9,14,19,23H,10-13,15H2,1-3H3/t19-/m0/s1. The highest BCUT2D eigenvalue weighted by Gasteiger charge is 2.27. The number of morpholine rings is 1. The van der Waals surface area contributed by atoms with Crippen molar-refractivity contribution in [3.05, 3.63) is 53.8 Å². The summed E-state index contributed by atoms with van der Waals surface area (Å²) < 4.78 is 52.7. The largest absolute Gasteiger partial charge is 0.495 e. The first-order valence-electron chi connectivity index (χ1n) is 9.74. The van der Waals surface area contributed by atoms with Crippen LogP contribution in [0, 0.1) is 5.82 Å². The number of benzene rings is 2. The first-order chi connectivity index (χ1) is 14.3. The molecular weight excluding hydrogens is 409 g/mol. The van der Waals surface area contributed by atoms with E-state index >= 15 is 0 Å². The molecule has 3 rings (SSSR count). The van der Waals surface area contributed by atoms with Crippen LogP contribution in [0.2, 0.25) is 0 Å². The van der Waals surface area contributed by atoms with Gasteiger partial charge >= 0.3 is 0 Å². The Morgan fingerprint density at radius 2 is 1.83 bits per heavy atom. The average molecular weight is 438 g/mol. The minimum Gasteiger partial charge on any atom is -0.495 e. The number of nitrogens with zero attached hydrogens (tertiary/aromatic N) is 2. The fourth-order valence-corrected chi connectivity index (χ4v) is 4.69. The Balaban J connectivity index is 1.85. The molecule has 30 heavy (non-hydrogen) atoms. The summed E-state index contributed by atoms with van der Waals surface area (Å²) in [6.45, 7) is 2.73. The van der Waals surface area contributed by atoms with Gasteiger partial charge in [-0.15, -0.1) is 0 Å². The van der Waals surface area contributed by atoms with Crippen LogP contribution in [-0.2, 0) is 14.8 Å². The second-order valence-electron chi connectivity index (χ2n) is 7.30. The van der Waals surface area contributed by atoms with E-state index in [4.69, 9.17) is 9.47 Å². The highest BCUT2D eigenvalue weighted by Crippen LogP contribution is 2.27. The number of methoxy groups -OCH3 is 1. The number of rotatable bonds is 8. The molecule has 1 aliphatic rings. The Morgan fingerprint density at radius 1 is 1.17 bits per heavy atom. The van der Waals surface area contributed by atoms with Gasteiger partial charge in [0.05, 0.1) is 20.3 Å². The number of halogens is 1. The molecule has 1 atom stereocenters. The van der Waals surface area contributed by atoms with Crippen LogP contribution in [-0.4, -0.2) is 67.4 Å². The number of sulfonamides is 1. The Hall–Kier alpha value is -2.20. The number of nitrogens with one attached hydrogen (secondary N) is 1. The third kappa shape index (κ3) is 5.28. The maximum Gasteiger partial charge on any atom is 0.244 e. The Kier molecular flexibility index (Phi) is 7.30. The van der Waals surface area contributed by atoms with Gasteiger partial charge in [0.1, 0.15) is 16.5 Å². The summed E-state index contributed by atoms with van der Waals surface area (Å²) >= 11 is 0. The molecule has 7 nitrogen and oxygen atoms in total. The lowest BCUT2D eigenvalue weighted by Crippen LogP contribution is -2.43. The normalized spacial score (nSPS) is 16.3. The van der Waals surface area contributed by atoms with Crippen molar-refractivity contribution in [1.82, 2.24) is 9.62 Å². The van der Waals surface area contributed by atoms with Crippen molar-refractivity contribution >= 4 is 15.7 Å². The van der Waals surface area contributed by atoms with E-state index in [1.54, 1.807) is 0 Å². The quantitative estimate of drug-likeness (QED) is 0.683. The molecule has 0 bridgehead atoms. The van der Waals surface area contributed by atoms with Gasteiger partial charge in [-0.2, -0.15) is 0 Å². The monoisotopic (exact) mass is 437 g/mol. The molecule has 0 saturated carbocycles. The molecule has 0 unspecified atom stereocenters. The van der Waals surface area contributed by atoms with Gasteiger partial charge in [0, 0.05) is 45.5 Å². The van der Waals surface area contributed by atoms with Crippen LogP contribution in [0.5, 0.6) is 5.75 Å². The van der Waals surface area contributed by atoms with E-state index in [0.717, 1.165) is 17.3 Å². The average Bonchev–Trinajstić information content (AvgIpc) is 2.75. The molecule has 2 aromatic rings. The molecule has 0 radical (unpaired) electrons. The van der Waals surface area contributed by atoms with Gasteiger partial charge in [-0.25, -0.2) is 17.5 Å². The summed E-state index contributed by atoms with van der Waals surface area (Å²) in [6, 6.07) is 11.3. The van der Waals surface area contributed by atoms with E-state index in [0.29, 0.717) is 26.3 Å². The molecule has 9 heteroatoms. The maximum atomic E-state index is 13.7. The van der Waals surface area contributed by atoms with Crippen molar-refractivity contribution in [3.63, 3.8) is 0 Å². The zero-order valence-corrected chi connectivity index (χ0v) is 18.3. The summed E-state index contributed by atoms with van der Waals surface area (Å²) in [5.74, 6) is -0.540. The maximum absolute atomic E-state index is 13.7. The first kappa shape index (κ1) is 22.5. The van der Waals surface area contributed by atoms with Crippen molar-refractivity contribution in [1.29, 1.82) is 0 Å². The topological polar surface area (TPSA) is 71.1 Å². The molecule has 0 aromatic heterocycles. The number of hydrogen-bond acceptors (Lipinski definition) is 6. The van der Waals surface area contributed by atoms with E-state index in [-0.39, 0.29) is 23.2 Å². The molecule has 0 spiro atoms. The molecule has 1 saturated heterocycles. The van der Waals surface area contributed by atoms with E-state index in [2.05, 4.69) is 9.62 Å². The molecule has 0 aliphatic carbocycles.